The molecule has 1 aliphatic rings. The molecule has 0 radical (unpaired) electrons. The van der Waals surface area contributed by atoms with Gasteiger partial charge in [-0.3, -0.25) is 4.90 Å². The summed E-state index contributed by atoms with van der Waals surface area (Å²) >= 11 is 0. The molecule has 0 aromatic heterocycles. The largest absolute Gasteiger partial charge is 0.497 e. The van der Waals surface area contributed by atoms with Gasteiger partial charge in [0.05, 0.1) is 18.7 Å². The van der Waals surface area contributed by atoms with Crippen LogP contribution >= 0.6 is 24.8 Å². The summed E-state index contributed by atoms with van der Waals surface area (Å²) in [5.74, 6) is 0.203. The lowest BCUT2D eigenvalue weighted by Gasteiger charge is -2.34. The van der Waals surface area contributed by atoms with Gasteiger partial charge < -0.3 is 10.1 Å². The summed E-state index contributed by atoms with van der Waals surface area (Å²) in [6.07, 6.45) is -2.85. The maximum Gasteiger partial charge on any atom is 0.416 e. The van der Waals surface area contributed by atoms with E-state index in [1.54, 1.807) is 12.1 Å². The molecule has 23 heavy (non-hydrogen) atoms. The summed E-state index contributed by atoms with van der Waals surface area (Å²) < 4.78 is 44.8. The van der Waals surface area contributed by atoms with Crippen molar-refractivity contribution in [2.45, 2.75) is 12.2 Å². The van der Waals surface area contributed by atoms with E-state index in [1.165, 1.54) is 13.2 Å². The Labute approximate surface area is 146 Å². The number of hydrogen-bond acceptors (Lipinski definition) is 3. The number of alkyl halides is 3. The molecule has 0 spiro atoms. The minimum atomic E-state index is -4.42. The van der Waals surface area contributed by atoms with Crippen LogP contribution in [-0.2, 0) is 6.18 Å². The highest BCUT2D eigenvalue weighted by Crippen LogP contribution is 2.38. The molecule has 0 aliphatic carbocycles. The third-order valence-electron chi connectivity index (χ3n) is 3.65. The number of benzene rings is 1. The van der Waals surface area contributed by atoms with Gasteiger partial charge in [0, 0.05) is 26.2 Å². The molecule has 0 amide bonds. The van der Waals surface area contributed by atoms with Crippen LogP contribution in [0.5, 0.6) is 5.75 Å². The van der Waals surface area contributed by atoms with Crippen molar-refractivity contribution in [1.29, 1.82) is 0 Å². The van der Waals surface area contributed by atoms with Gasteiger partial charge in [0.15, 0.2) is 0 Å². The third kappa shape index (κ3) is 5.28. The first-order valence-corrected chi connectivity index (χ1v) is 6.80. The normalized spacial score (nSPS) is 16.7. The van der Waals surface area contributed by atoms with Crippen molar-refractivity contribution in [3.8, 4) is 5.75 Å². The second kappa shape index (κ2) is 9.37. The Balaban J connectivity index is 0.00000242. The molecule has 3 nitrogen and oxygen atoms in total. The van der Waals surface area contributed by atoms with Gasteiger partial charge in [0.1, 0.15) is 5.75 Å². The lowest BCUT2D eigenvalue weighted by atomic mass is 9.97. The van der Waals surface area contributed by atoms with E-state index in [4.69, 9.17) is 4.74 Å². The minimum absolute atomic E-state index is 0. The molecule has 0 bridgehead atoms. The molecule has 132 valence electrons. The Morgan fingerprint density at radius 1 is 1.26 bits per heavy atom. The summed E-state index contributed by atoms with van der Waals surface area (Å²) in [7, 11) is 1.36. The van der Waals surface area contributed by atoms with E-state index >= 15 is 0 Å². The van der Waals surface area contributed by atoms with Crippen LogP contribution in [0.2, 0.25) is 0 Å². The third-order valence-corrected chi connectivity index (χ3v) is 3.65. The molecule has 1 heterocycles. The van der Waals surface area contributed by atoms with Gasteiger partial charge in [-0.2, -0.15) is 13.2 Å². The van der Waals surface area contributed by atoms with E-state index in [2.05, 4.69) is 11.9 Å². The lowest BCUT2D eigenvalue weighted by molar-refractivity contribution is -0.138. The Morgan fingerprint density at radius 2 is 1.87 bits per heavy atom. The molecule has 1 saturated heterocycles. The van der Waals surface area contributed by atoms with Crippen LogP contribution in [0, 0.1) is 0 Å². The van der Waals surface area contributed by atoms with Crippen LogP contribution in [0.15, 0.2) is 30.9 Å². The first kappa shape index (κ1) is 22.1. The zero-order valence-corrected chi connectivity index (χ0v) is 14.4. The van der Waals surface area contributed by atoms with E-state index in [9.17, 15) is 13.2 Å². The number of nitrogens with one attached hydrogen (secondary N) is 1. The van der Waals surface area contributed by atoms with E-state index in [0.717, 1.165) is 19.2 Å². The lowest BCUT2D eigenvalue weighted by Crippen LogP contribution is -2.45. The second-order valence-corrected chi connectivity index (χ2v) is 4.92. The van der Waals surface area contributed by atoms with Crippen molar-refractivity contribution in [2.75, 3.05) is 33.3 Å². The number of nitrogens with zero attached hydrogens (tertiary/aromatic N) is 1. The van der Waals surface area contributed by atoms with Gasteiger partial charge in [-0.25, -0.2) is 0 Å². The van der Waals surface area contributed by atoms with Crippen LogP contribution < -0.4 is 10.1 Å². The number of rotatable bonds is 4. The highest BCUT2D eigenvalue weighted by molar-refractivity contribution is 5.85. The van der Waals surface area contributed by atoms with Crippen LogP contribution in [0.1, 0.15) is 17.2 Å². The van der Waals surface area contributed by atoms with Crippen molar-refractivity contribution >= 4 is 24.8 Å². The standard InChI is InChI=1S/C15H19F3N2O.2ClH/c1-3-14(20-8-6-19-7-9-20)12-5-4-11(21-2)10-13(12)15(16,17)18;;/h3-5,10,14,19H,1,6-9H2,2H3;2*1H/t14-;;/m0../s1. The van der Waals surface area contributed by atoms with Gasteiger partial charge in [-0.15, -0.1) is 31.4 Å². The van der Waals surface area contributed by atoms with Crippen LogP contribution in [0.4, 0.5) is 13.2 Å². The van der Waals surface area contributed by atoms with E-state index < -0.39 is 17.8 Å². The zero-order valence-electron chi connectivity index (χ0n) is 12.7. The summed E-state index contributed by atoms with van der Waals surface area (Å²) in [4.78, 5) is 2.00. The topological polar surface area (TPSA) is 24.5 Å². The van der Waals surface area contributed by atoms with Crippen LogP contribution in [-0.4, -0.2) is 38.2 Å². The number of ether oxygens (including phenoxy) is 1. The summed E-state index contributed by atoms with van der Waals surface area (Å²) in [6, 6.07) is 3.64. The fourth-order valence-electron chi connectivity index (χ4n) is 2.60. The fourth-order valence-corrected chi connectivity index (χ4v) is 2.60. The summed E-state index contributed by atoms with van der Waals surface area (Å²) in [5, 5.41) is 3.19. The number of piperazine rings is 1. The number of methoxy groups -OCH3 is 1. The Bertz CT molecular complexity index is 506. The molecule has 1 fully saturated rings. The van der Waals surface area contributed by atoms with Crippen molar-refractivity contribution in [1.82, 2.24) is 10.2 Å². The number of halogens is 5. The molecule has 2 rings (SSSR count). The van der Waals surface area contributed by atoms with Gasteiger partial charge in [-0.05, 0) is 17.7 Å². The van der Waals surface area contributed by atoms with Crippen molar-refractivity contribution in [3.63, 3.8) is 0 Å². The maximum absolute atomic E-state index is 13.3. The molecule has 1 aromatic carbocycles. The predicted octanol–water partition coefficient (Wildman–Crippen LogP) is 3.69. The van der Waals surface area contributed by atoms with Crippen molar-refractivity contribution < 1.29 is 17.9 Å². The maximum atomic E-state index is 13.3. The molecular formula is C15H21Cl2F3N2O. The van der Waals surface area contributed by atoms with Crippen LogP contribution in [0.3, 0.4) is 0 Å². The average molecular weight is 373 g/mol. The SMILES string of the molecule is C=C[C@@H](c1ccc(OC)cc1C(F)(F)F)N1CCNCC1.Cl.Cl. The summed E-state index contributed by atoms with van der Waals surface area (Å²) in [5.41, 5.74) is -0.439. The Hall–Kier alpha value is -0.950. The highest BCUT2D eigenvalue weighted by atomic mass is 35.5. The van der Waals surface area contributed by atoms with Crippen LogP contribution in [0.25, 0.3) is 0 Å². The van der Waals surface area contributed by atoms with E-state index in [0.29, 0.717) is 13.1 Å². The Kier molecular flexibility index (Phi) is 8.98. The quantitative estimate of drug-likeness (QED) is 0.815. The molecule has 1 atom stereocenters. The van der Waals surface area contributed by atoms with Gasteiger partial charge >= 0.3 is 6.18 Å². The number of hydrogen-bond donors (Lipinski definition) is 1. The Morgan fingerprint density at radius 3 is 2.35 bits per heavy atom. The van der Waals surface area contributed by atoms with Gasteiger partial charge in [-0.1, -0.05) is 12.1 Å². The van der Waals surface area contributed by atoms with Gasteiger partial charge in [0.2, 0.25) is 0 Å². The second-order valence-electron chi connectivity index (χ2n) is 4.92. The molecule has 1 aliphatic heterocycles. The zero-order chi connectivity index (χ0) is 15.5. The van der Waals surface area contributed by atoms with Crippen molar-refractivity contribution in [2.24, 2.45) is 0 Å². The molecule has 0 unspecified atom stereocenters. The van der Waals surface area contributed by atoms with Crippen molar-refractivity contribution in [3.05, 3.63) is 42.0 Å². The predicted molar refractivity (Wildman–Crippen MR) is 89.9 cm³/mol. The molecular weight excluding hydrogens is 352 g/mol. The van der Waals surface area contributed by atoms with E-state index in [-0.39, 0.29) is 36.1 Å². The molecule has 8 heteroatoms. The molecule has 1 N–H and O–H groups in total. The van der Waals surface area contributed by atoms with E-state index in [1.807, 2.05) is 4.90 Å². The monoisotopic (exact) mass is 372 g/mol. The van der Waals surface area contributed by atoms with Gasteiger partial charge in [0.25, 0.3) is 0 Å². The highest BCUT2D eigenvalue weighted by Gasteiger charge is 2.36. The molecule has 0 saturated carbocycles. The summed E-state index contributed by atoms with van der Waals surface area (Å²) in [6.45, 7) is 6.64. The fraction of sp³-hybridized carbons (Fsp3) is 0.467. The average Bonchev–Trinajstić information content (AvgIpc) is 2.48. The molecule has 1 aromatic rings. The first-order valence-electron chi connectivity index (χ1n) is 6.80. The smallest absolute Gasteiger partial charge is 0.416 e. The first-order chi connectivity index (χ1) is 9.97. The minimum Gasteiger partial charge on any atom is -0.497 e.